The summed E-state index contributed by atoms with van der Waals surface area (Å²) in [6, 6.07) is 3.76. The van der Waals surface area contributed by atoms with Gasteiger partial charge in [0.05, 0.1) is 17.5 Å². The molecule has 1 amide bonds. The van der Waals surface area contributed by atoms with E-state index < -0.39 is 0 Å². The number of pyridine rings is 2. The Labute approximate surface area is 196 Å². The van der Waals surface area contributed by atoms with Gasteiger partial charge in [0.1, 0.15) is 11.6 Å². The molecule has 2 unspecified atom stereocenters. The molecule has 2 N–H and O–H groups in total. The third-order valence-corrected chi connectivity index (χ3v) is 6.96. The Morgan fingerprint density at radius 3 is 2.74 bits per heavy atom. The quantitative estimate of drug-likeness (QED) is 0.577. The molecule has 178 valence electrons. The van der Waals surface area contributed by atoms with Crippen LogP contribution >= 0.6 is 0 Å². The molecule has 5 heterocycles. The van der Waals surface area contributed by atoms with Crippen molar-refractivity contribution in [2.24, 2.45) is 5.92 Å². The van der Waals surface area contributed by atoms with Crippen molar-refractivity contribution in [3.63, 3.8) is 0 Å². The van der Waals surface area contributed by atoms with Crippen molar-refractivity contribution in [1.29, 1.82) is 0 Å². The number of carbonyl (C=O) groups is 1. The number of carbonyl (C=O) groups excluding carboxylic acids is 1. The van der Waals surface area contributed by atoms with Crippen molar-refractivity contribution in [3.05, 3.63) is 30.5 Å². The summed E-state index contributed by atoms with van der Waals surface area (Å²) in [5, 5.41) is 6.14. The van der Waals surface area contributed by atoms with E-state index in [2.05, 4.69) is 25.2 Å². The Balaban J connectivity index is 1.36. The number of nitrogens with one attached hydrogen (secondary N) is 2. The number of hydrogen-bond donors (Lipinski definition) is 2. The van der Waals surface area contributed by atoms with Crippen molar-refractivity contribution in [3.8, 4) is 17.1 Å². The highest BCUT2D eigenvalue weighted by atomic mass is 19.1. The number of halogens is 1. The van der Waals surface area contributed by atoms with Gasteiger partial charge in [-0.25, -0.2) is 19.3 Å². The minimum atomic E-state index is -0.365. The van der Waals surface area contributed by atoms with Gasteiger partial charge in [0.15, 0.2) is 11.6 Å². The molecule has 0 aromatic carbocycles. The van der Waals surface area contributed by atoms with E-state index >= 15 is 4.39 Å². The van der Waals surface area contributed by atoms with Gasteiger partial charge in [0.25, 0.3) is 0 Å². The van der Waals surface area contributed by atoms with Crippen LogP contribution in [0.5, 0.6) is 5.88 Å². The van der Waals surface area contributed by atoms with Crippen LogP contribution in [0, 0.1) is 11.7 Å². The summed E-state index contributed by atoms with van der Waals surface area (Å²) in [5.74, 6) is 0.587. The van der Waals surface area contributed by atoms with Crippen LogP contribution < -0.4 is 20.3 Å². The predicted octanol–water partition coefficient (Wildman–Crippen LogP) is 2.28. The average molecular weight is 466 g/mol. The number of fused-ring (bicyclic) bond motifs is 1. The molecule has 1 aliphatic carbocycles. The molecule has 0 radical (unpaired) electrons. The van der Waals surface area contributed by atoms with Gasteiger partial charge in [-0.05, 0) is 31.9 Å². The Kier molecular flexibility index (Phi) is 5.32. The zero-order valence-corrected chi connectivity index (χ0v) is 19.1. The lowest BCUT2D eigenvalue weighted by Crippen LogP contribution is -2.44. The maximum absolute atomic E-state index is 15.1. The lowest BCUT2D eigenvalue weighted by Gasteiger charge is -2.28. The molecular weight excluding hydrogens is 437 g/mol. The van der Waals surface area contributed by atoms with Gasteiger partial charge in [-0.3, -0.25) is 4.79 Å². The van der Waals surface area contributed by atoms with Crippen molar-refractivity contribution in [2.45, 2.75) is 38.3 Å². The molecule has 0 spiro atoms. The predicted molar refractivity (Wildman–Crippen MR) is 125 cm³/mol. The fraction of sp³-hybridized carbons (Fsp3) is 0.500. The fourth-order valence-electron chi connectivity index (χ4n) is 4.80. The number of rotatable bonds is 6. The van der Waals surface area contributed by atoms with Gasteiger partial charge in [-0.1, -0.05) is 0 Å². The first-order chi connectivity index (χ1) is 16.6. The first kappa shape index (κ1) is 21.3. The lowest BCUT2D eigenvalue weighted by atomic mass is 10.0. The summed E-state index contributed by atoms with van der Waals surface area (Å²) >= 11 is 0. The number of hydrogen-bond acceptors (Lipinski definition) is 7. The molecule has 3 aromatic heterocycles. The highest BCUT2D eigenvalue weighted by Crippen LogP contribution is 2.40. The second-order valence-electron chi connectivity index (χ2n) is 9.42. The second kappa shape index (κ2) is 8.50. The molecule has 34 heavy (non-hydrogen) atoms. The molecule has 6 rings (SSSR count). The summed E-state index contributed by atoms with van der Waals surface area (Å²) < 4.78 is 23.5. The largest absolute Gasteiger partial charge is 0.473 e. The van der Waals surface area contributed by atoms with Crippen LogP contribution in [0.4, 0.5) is 10.2 Å². The van der Waals surface area contributed by atoms with Crippen LogP contribution in [0.1, 0.15) is 32.2 Å². The standard InChI is InChI=1S/C24H28FN7O2/c1-14(15-9-21(33)27-11-15)34-24-22-20(29-13-32(22)17-2-3-17)10-19(30-24)16-8-18(25)23(28-12-16)31-6-4-26-5-7-31/h8,10,12-15,17,26H,2-7,9,11H2,1H3,(H,27,33). The van der Waals surface area contributed by atoms with E-state index in [1.165, 1.54) is 6.07 Å². The molecule has 9 nitrogen and oxygen atoms in total. The van der Waals surface area contributed by atoms with Gasteiger partial charge >= 0.3 is 0 Å². The van der Waals surface area contributed by atoms with E-state index in [1.54, 1.807) is 6.20 Å². The van der Waals surface area contributed by atoms with Crippen LogP contribution in [0.3, 0.4) is 0 Å². The van der Waals surface area contributed by atoms with E-state index in [1.807, 2.05) is 24.2 Å². The van der Waals surface area contributed by atoms with E-state index in [-0.39, 0.29) is 23.7 Å². The van der Waals surface area contributed by atoms with Crippen LogP contribution in [-0.4, -0.2) is 64.3 Å². The Morgan fingerprint density at radius 2 is 2.03 bits per heavy atom. The molecular formula is C24H28FN7O2. The third kappa shape index (κ3) is 3.96. The number of ether oxygens (including phenoxy) is 1. The van der Waals surface area contributed by atoms with E-state index in [9.17, 15) is 4.79 Å². The monoisotopic (exact) mass is 465 g/mol. The Morgan fingerprint density at radius 1 is 1.21 bits per heavy atom. The SMILES string of the molecule is CC(Oc1nc(-c2cnc(N3CCNCC3)c(F)c2)cc2ncn(C3CC3)c12)C1CNC(=O)C1. The molecule has 10 heteroatoms. The minimum Gasteiger partial charge on any atom is -0.473 e. The average Bonchev–Trinajstić information content (AvgIpc) is 3.44. The summed E-state index contributed by atoms with van der Waals surface area (Å²) in [7, 11) is 0. The number of anilines is 1. The number of imidazole rings is 1. The second-order valence-corrected chi connectivity index (χ2v) is 9.42. The van der Waals surface area contributed by atoms with Gasteiger partial charge in [-0.15, -0.1) is 0 Å². The van der Waals surface area contributed by atoms with Crippen LogP contribution in [0.2, 0.25) is 0 Å². The summed E-state index contributed by atoms with van der Waals surface area (Å²) in [6.45, 7) is 5.62. The highest BCUT2D eigenvalue weighted by molar-refractivity contribution is 5.85. The zero-order valence-electron chi connectivity index (χ0n) is 19.1. The topological polar surface area (TPSA) is 97.2 Å². The number of aromatic nitrogens is 4. The van der Waals surface area contributed by atoms with E-state index in [0.29, 0.717) is 42.0 Å². The van der Waals surface area contributed by atoms with Gasteiger partial charge < -0.3 is 24.8 Å². The van der Waals surface area contributed by atoms with Gasteiger partial charge in [0, 0.05) is 62.9 Å². The van der Waals surface area contributed by atoms with Crippen molar-refractivity contribution in [2.75, 3.05) is 37.6 Å². The molecule has 2 aliphatic heterocycles. The fourth-order valence-corrected chi connectivity index (χ4v) is 4.80. The molecule has 0 bridgehead atoms. The molecule has 1 saturated carbocycles. The molecule has 3 fully saturated rings. The van der Waals surface area contributed by atoms with Crippen molar-refractivity contribution in [1.82, 2.24) is 30.2 Å². The summed E-state index contributed by atoms with van der Waals surface area (Å²) in [4.78, 5) is 27.5. The molecule has 3 aromatic rings. The summed E-state index contributed by atoms with van der Waals surface area (Å²) in [6.07, 6.45) is 5.93. The smallest absolute Gasteiger partial charge is 0.241 e. The molecule has 2 saturated heterocycles. The lowest BCUT2D eigenvalue weighted by molar-refractivity contribution is -0.119. The maximum Gasteiger partial charge on any atom is 0.241 e. The first-order valence-electron chi connectivity index (χ1n) is 12.0. The van der Waals surface area contributed by atoms with Crippen LogP contribution in [0.25, 0.3) is 22.3 Å². The molecule has 3 aliphatic rings. The van der Waals surface area contributed by atoms with Gasteiger partial charge in [0.2, 0.25) is 11.8 Å². The number of amides is 1. The Hall–Kier alpha value is -3.27. The van der Waals surface area contributed by atoms with E-state index in [4.69, 9.17) is 9.72 Å². The number of piperazine rings is 1. The normalized spacial score (nSPS) is 21.6. The van der Waals surface area contributed by atoms with E-state index in [0.717, 1.165) is 50.1 Å². The minimum absolute atomic E-state index is 0.0430. The Bertz CT molecular complexity index is 1240. The van der Waals surface area contributed by atoms with Crippen molar-refractivity contribution >= 4 is 22.8 Å². The first-order valence-corrected chi connectivity index (χ1v) is 12.0. The van der Waals surface area contributed by atoms with Crippen molar-refractivity contribution < 1.29 is 13.9 Å². The third-order valence-electron chi connectivity index (χ3n) is 6.96. The van der Waals surface area contributed by atoms with Crippen LogP contribution in [-0.2, 0) is 4.79 Å². The number of nitrogens with zero attached hydrogens (tertiary/aromatic N) is 5. The highest BCUT2D eigenvalue weighted by Gasteiger charge is 2.31. The molecule has 2 atom stereocenters. The maximum atomic E-state index is 15.1. The summed E-state index contributed by atoms with van der Waals surface area (Å²) in [5.41, 5.74) is 2.75. The van der Waals surface area contributed by atoms with Gasteiger partial charge in [-0.2, -0.15) is 0 Å². The zero-order chi connectivity index (χ0) is 23.2. The van der Waals surface area contributed by atoms with Crippen LogP contribution in [0.15, 0.2) is 24.7 Å².